The molecular formula is C21H24N4OS2. The van der Waals surface area contributed by atoms with E-state index >= 15 is 0 Å². The highest BCUT2D eigenvalue weighted by Gasteiger charge is 2.29. The maximum Gasteiger partial charge on any atom is 0.239 e. The van der Waals surface area contributed by atoms with Crippen LogP contribution in [-0.4, -0.2) is 34.6 Å². The maximum absolute atomic E-state index is 11.9. The largest absolute Gasteiger partial charge is 0.397 e. The van der Waals surface area contributed by atoms with Gasteiger partial charge < -0.3 is 21.7 Å². The van der Waals surface area contributed by atoms with Crippen LogP contribution in [0.5, 0.6) is 0 Å². The van der Waals surface area contributed by atoms with Crippen molar-refractivity contribution < 1.29 is 4.79 Å². The van der Waals surface area contributed by atoms with Gasteiger partial charge in [0.15, 0.2) is 0 Å². The normalized spacial score (nSPS) is 20.5. The maximum atomic E-state index is 11.9. The summed E-state index contributed by atoms with van der Waals surface area (Å²) >= 11 is 6.49. The van der Waals surface area contributed by atoms with Crippen LogP contribution < -0.4 is 21.7 Å². The Bertz CT molecular complexity index is 892. The van der Waals surface area contributed by atoms with Crippen molar-refractivity contribution in [2.75, 3.05) is 23.7 Å². The standard InChI is InChI=1S/C21H24N4OS2/c22-15-8-10-25(11-9-15)17-3-1-2-16(19(17)23)14-6-4-13(5-7-14)12-18-20(26)24-21(27)28-18/h1-7,15,18H,8-12,22-23H2,(H,24,26,27). The number of nitrogens with one attached hydrogen (secondary N) is 1. The zero-order valence-corrected chi connectivity index (χ0v) is 17.2. The number of nitrogen functional groups attached to an aromatic ring is 1. The molecule has 146 valence electrons. The van der Waals surface area contributed by atoms with Gasteiger partial charge in [0.1, 0.15) is 4.32 Å². The fourth-order valence-corrected chi connectivity index (χ4v) is 5.09. The van der Waals surface area contributed by atoms with E-state index in [4.69, 9.17) is 23.7 Å². The van der Waals surface area contributed by atoms with Crippen molar-refractivity contribution in [3.05, 3.63) is 48.0 Å². The average molecular weight is 413 g/mol. The smallest absolute Gasteiger partial charge is 0.239 e. The number of nitrogens with zero attached hydrogens (tertiary/aromatic N) is 1. The van der Waals surface area contributed by atoms with Gasteiger partial charge in [0, 0.05) is 24.7 Å². The van der Waals surface area contributed by atoms with Gasteiger partial charge in [0.2, 0.25) is 5.91 Å². The zero-order valence-electron chi connectivity index (χ0n) is 15.6. The van der Waals surface area contributed by atoms with E-state index in [0.29, 0.717) is 16.8 Å². The third-order valence-electron chi connectivity index (χ3n) is 5.42. The summed E-state index contributed by atoms with van der Waals surface area (Å²) in [7, 11) is 0. The van der Waals surface area contributed by atoms with Crippen molar-refractivity contribution in [3.63, 3.8) is 0 Å². The number of hydrogen-bond donors (Lipinski definition) is 3. The van der Waals surface area contributed by atoms with Crippen LogP contribution in [0.15, 0.2) is 42.5 Å². The van der Waals surface area contributed by atoms with E-state index in [1.165, 1.54) is 11.8 Å². The highest BCUT2D eigenvalue weighted by atomic mass is 32.2. The second-order valence-corrected chi connectivity index (χ2v) is 9.23. The molecule has 0 bridgehead atoms. The summed E-state index contributed by atoms with van der Waals surface area (Å²) in [5.74, 6) is -0.00253. The molecule has 2 saturated heterocycles. The van der Waals surface area contributed by atoms with Gasteiger partial charge in [0.25, 0.3) is 0 Å². The summed E-state index contributed by atoms with van der Waals surface area (Å²) in [6.07, 6.45) is 2.66. The van der Waals surface area contributed by atoms with E-state index in [-0.39, 0.29) is 11.2 Å². The van der Waals surface area contributed by atoms with Crippen molar-refractivity contribution in [1.29, 1.82) is 0 Å². The highest BCUT2D eigenvalue weighted by Crippen LogP contribution is 2.35. The van der Waals surface area contributed by atoms with Crippen molar-refractivity contribution in [1.82, 2.24) is 5.32 Å². The number of rotatable bonds is 4. The van der Waals surface area contributed by atoms with E-state index in [1.807, 2.05) is 0 Å². The van der Waals surface area contributed by atoms with Crippen molar-refractivity contribution >= 4 is 45.6 Å². The van der Waals surface area contributed by atoms with Gasteiger partial charge in [-0.25, -0.2) is 0 Å². The predicted octanol–water partition coefficient (Wildman–Crippen LogP) is 2.92. The second-order valence-electron chi connectivity index (χ2n) is 7.35. The minimum Gasteiger partial charge on any atom is -0.397 e. The number of benzene rings is 2. The molecular weight excluding hydrogens is 388 g/mol. The number of thioether (sulfide) groups is 1. The molecule has 0 aliphatic carbocycles. The van der Waals surface area contributed by atoms with Crippen LogP contribution in [0.2, 0.25) is 0 Å². The molecule has 2 aliphatic heterocycles. The lowest BCUT2D eigenvalue weighted by Crippen LogP contribution is -2.40. The lowest BCUT2D eigenvalue weighted by atomic mass is 9.98. The number of carbonyl (C=O) groups is 1. The molecule has 0 aromatic heterocycles. The SMILES string of the molecule is Nc1c(-c2ccc(CC3SC(=S)NC3=O)cc2)cccc1N1CCC(N)CC1. The third-order valence-corrected chi connectivity index (χ3v) is 6.79. The second kappa shape index (κ2) is 8.11. The lowest BCUT2D eigenvalue weighted by Gasteiger charge is -2.33. The van der Waals surface area contributed by atoms with Gasteiger partial charge >= 0.3 is 0 Å². The number of carbonyl (C=O) groups excluding carboxylic acids is 1. The van der Waals surface area contributed by atoms with Crippen molar-refractivity contribution in [2.24, 2.45) is 5.73 Å². The topological polar surface area (TPSA) is 84.4 Å². The fourth-order valence-electron chi connectivity index (χ4n) is 3.78. The zero-order chi connectivity index (χ0) is 19.7. The van der Waals surface area contributed by atoms with E-state index < -0.39 is 0 Å². The molecule has 2 fully saturated rings. The van der Waals surface area contributed by atoms with Crippen LogP contribution in [0.1, 0.15) is 18.4 Å². The Morgan fingerprint density at radius 3 is 2.50 bits per heavy atom. The number of amides is 1. The minimum atomic E-state index is -0.141. The van der Waals surface area contributed by atoms with Gasteiger partial charge in [-0.15, -0.1) is 0 Å². The van der Waals surface area contributed by atoms with Crippen molar-refractivity contribution in [3.8, 4) is 11.1 Å². The molecule has 2 aromatic rings. The predicted molar refractivity (Wildman–Crippen MR) is 122 cm³/mol. The lowest BCUT2D eigenvalue weighted by molar-refractivity contribution is -0.118. The number of piperidine rings is 1. The van der Waals surface area contributed by atoms with Gasteiger partial charge in [-0.3, -0.25) is 4.79 Å². The molecule has 28 heavy (non-hydrogen) atoms. The Hall–Kier alpha value is -2.09. The van der Waals surface area contributed by atoms with Crippen LogP contribution in [0, 0.1) is 0 Å². The number of anilines is 2. The summed E-state index contributed by atoms with van der Waals surface area (Å²) in [5, 5.41) is 2.56. The first-order chi connectivity index (χ1) is 13.5. The molecule has 0 saturated carbocycles. The van der Waals surface area contributed by atoms with Crippen LogP contribution in [-0.2, 0) is 11.2 Å². The molecule has 4 rings (SSSR count). The molecule has 1 atom stereocenters. The van der Waals surface area contributed by atoms with Crippen LogP contribution >= 0.6 is 24.0 Å². The molecule has 1 unspecified atom stereocenters. The molecule has 2 aliphatic rings. The van der Waals surface area contributed by atoms with E-state index in [1.54, 1.807) is 0 Å². The van der Waals surface area contributed by atoms with Crippen LogP contribution in [0.4, 0.5) is 11.4 Å². The van der Waals surface area contributed by atoms with Crippen LogP contribution in [0.25, 0.3) is 11.1 Å². The van der Waals surface area contributed by atoms with Crippen LogP contribution in [0.3, 0.4) is 0 Å². The Morgan fingerprint density at radius 1 is 1.14 bits per heavy atom. The summed E-state index contributed by atoms with van der Waals surface area (Å²) in [4.78, 5) is 14.2. The van der Waals surface area contributed by atoms with Gasteiger partial charge in [0.05, 0.1) is 16.6 Å². The molecule has 7 heteroatoms. The van der Waals surface area contributed by atoms with E-state index in [2.05, 4.69) is 52.7 Å². The number of nitrogens with two attached hydrogens (primary N) is 2. The quantitative estimate of drug-likeness (QED) is 0.529. The first kappa shape index (κ1) is 19.2. The molecule has 2 aromatic carbocycles. The Balaban J connectivity index is 1.52. The number of thiocarbonyl (C=S) groups is 1. The molecule has 0 radical (unpaired) electrons. The van der Waals surface area contributed by atoms with Crippen molar-refractivity contribution in [2.45, 2.75) is 30.6 Å². The van der Waals surface area contributed by atoms with E-state index in [0.717, 1.165) is 54.0 Å². The average Bonchev–Trinajstić information content (AvgIpc) is 3.00. The molecule has 5 nitrogen and oxygen atoms in total. The highest BCUT2D eigenvalue weighted by molar-refractivity contribution is 8.24. The molecule has 2 heterocycles. The molecule has 1 amide bonds. The Kier molecular flexibility index (Phi) is 5.57. The number of hydrogen-bond acceptors (Lipinski definition) is 6. The monoisotopic (exact) mass is 412 g/mol. The van der Waals surface area contributed by atoms with Gasteiger partial charge in [-0.2, -0.15) is 0 Å². The summed E-state index contributed by atoms with van der Waals surface area (Å²) in [5.41, 5.74) is 17.7. The van der Waals surface area contributed by atoms with Gasteiger partial charge in [-0.1, -0.05) is 60.4 Å². The first-order valence-electron chi connectivity index (χ1n) is 9.51. The van der Waals surface area contributed by atoms with E-state index in [9.17, 15) is 4.79 Å². The fraction of sp³-hybridized carbons (Fsp3) is 0.333. The Morgan fingerprint density at radius 2 is 1.86 bits per heavy atom. The Labute approximate surface area is 174 Å². The summed E-state index contributed by atoms with van der Waals surface area (Å²) < 4.78 is 0.565. The first-order valence-corrected chi connectivity index (χ1v) is 10.8. The minimum absolute atomic E-state index is 0.00253. The summed E-state index contributed by atoms with van der Waals surface area (Å²) in [6.45, 7) is 1.88. The molecule has 0 spiro atoms. The number of para-hydroxylation sites is 1. The van der Waals surface area contributed by atoms with Gasteiger partial charge in [-0.05, 0) is 36.5 Å². The molecule has 5 N–H and O–H groups in total. The summed E-state index contributed by atoms with van der Waals surface area (Å²) in [6, 6.07) is 14.8. The third kappa shape index (κ3) is 4.01.